The number of halogens is 3. The summed E-state index contributed by atoms with van der Waals surface area (Å²) in [6, 6.07) is 11.0. The first-order valence-corrected chi connectivity index (χ1v) is 15.4. The van der Waals surface area contributed by atoms with Gasteiger partial charge in [0.1, 0.15) is 0 Å². The number of aryl methyl sites for hydroxylation is 1. The topological polar surface area (TPSA) is 122 Å². The van der Waals surface area contributed by atoms with E-state index in [1.807, 2.05) is 28.6 Å². The highest BCUT2D eigenvalue weighted by atomic mass is 32.2. The molecule has 4 aromatic rings. The van der Waals surface area contributed by atoms with Crippen molar-refractivity contribution in [1.82, 2.24) is 28.8 Å². The largest absolute Gasteiger partial charge is 0.593 e. The predicted octanol–water partition coefficient (Wildman–Crippen LogP) is 3.19. The minimum absolute atomic E-state index is 0.0241. The number of nitrogens with zero attached hydrogens (tertiary/aromatic N) is 6. The Morgan fingerprint density at radius 3 is 2.82 bits per heavy atom. The van der Waals surface area contributed by atoms with Crippen LogP contribution in [-0.4, -0.2) is 84.3 Å². The maximum atomic E-state index is 13.9. The summed E-state index contributed by atoms with van der Waals surface area (Å²) in [5, 5.41) is 20.4. The quantitative estimate of drug-likeness (QED) is 0.260. The average molecular weight is 625 g/mol. The van der Waals surface area contributed by atoms with E-state index in [0.717, 1.165) is 34.7 Å². The molecule has 2 aliphatic heterocycles. The van der Waals surface area contributed by atoms with Gasteiger partial charge in [0.05, 0.1) is 24.3 Å². The maximum absolute atomic E-state index is 13.9. The van der Waals surface area contributed by atoms with Crippen molar-refractivity contribution in [2.45, 2.75) is 43.2 Å². The van der Waals surface area contributed by atoms with Crippen molar-refractivity contribution in [3.8, 4) is 0 Å². The van der Waals surface area contributed by atoms with Gasteiger partial charge in [0, 0.05) is 44.0 Å². The Morgan fingerprint density at radius 2 is 2.05 bits per heavy atom. The average Bonchev–Trinajstić information content (AvgIpc) is 3.35. The molecule has 0 spiro atoms. The molecule has 1 aromatic carbocycles. The smallest absolute Gasteiger partial charge is 0.452 e. The highest BCUT2D eigenvalue weighted by Crippen LogP contribution is 2.35. The van der Waals surface area contributed by atoms with Crippen LogP contribution in [0.1, 0.15) is 40.4 Å². The number of aliphatic carboxylic acids is 1. The Bertz CT molecular complexity index is 1700. The lowest BCUT2D eigenvalue weighted by Gasteiger charge is -2.25. The molecule has 2 aliphatic rings. The third-order valence-corrected chi connectivity index (χ3v) is 9.96. The highest BCUT2D eigenvalue weighted by molar-refractivity contribution is 7.89. The number of carbonyl (C=O) groups is 1. The first-order valence-electron chi connectivity index (χ1n) is 14.3. The van der Waals surface area contributed by atoms with Gasteiger partial charge in [-0.1, -0.05) is 30.0 Å². The number of anilines is 1. The molecule has 0 saturated carbocycles. The number of alkyl halides is 3. The summed E-state index contributed by atoms with van der Waals surface area (Å²) in [5.74, 6) is -2.25. The second-order valence-corrected chi connectivity index (χ2v) is 12.8. The molecule has 0 fully saturated rings. The molecule has 44 heavy (non-hydrogen) atoms. The second-order valence-electron chi connectivity index (χ2n) is 11.4. The van der Waals surface area contributed by atoms with Gasteiger partial charge in [-0.15, -0.1) is 14.5 Å². The lowest BCUT2D eigenvalue weighted by Crippen LogP contribution is -2.44. The van der Waals surface area contributed by atoms with Gasteiger partial charge in [-0.25, -0.2) is 4.98 Å². The Labute approximate surface area is 255 Å². The van der Waals surface area contributed by atoms with E-state index in [2.05, 4.69) is 32.4 Å². The Kier molecular flexibility index (Phi) is 8.30. The Morgan fingerprint density at radius 1 is 1.23 bits per heavy atom. The van der Waals surface area contributed by atoms with Gasteiger partial charge in [-0.05, 0) is 54.8 Å². The van der Waals surface area contributed by atoms with Crippen LogP contribution in [-0.2, 0) is 28.9 Å². The van der Waals surface area contributed by atoms with E-state index in [9.17, 15) is 27.6 Å². The van der Waals surface area contributed by atoms with Crippen molar-refractivity contribution >= 4 is 41.0 Å². The molecule has 3 atom stereocenters. The molecule has 5 heterocycles. The molecule has 0 radical (unpaired) electrons. The van der Waals surface area contributed by atoms with Crippen molar-refractivity contribution in [2.75, 3.05) is 38.4 Å². The first kappa shape index (κ1) is 30.4. The van der Waals surface area contributed by atoms with E-state index >= 15 is 0 Å². The number of nitrogens with one attached hydrogen (secondary N) is 1. The summed E-state index contributed by atoms with van der Waals surface area (Å²) in [7, 11) is 2.07. The second kappa shape index (κ2) is 12.0. The van der Waals surface area contributed by atoms with E-state index < -0.39 is 35.2 Å². The zero-order valence-electron chi connectivity index (χ0n) is 24.2. The Hall–Kier alpha value is -3.66. The van der Waals surface area contributed by atoms with Gasteiger partial charge in [0.2, 0.25) is 10.7 Å². The van der Waals surface area contributed by atoms with E-state index in [-0.39, 0.29) is 18.8 Å². The number of aromatic nitrogens is 4. The fraction of sp³-hybridized carbons (Fsp3) is 0.379. The van der Waals surface area contributed by atoms with Crippen LogP contribution < -0.4 is 10.8 Å². The van der Waals surface area contributed by atoms with Gasteiger partial charge < -0.3 is 19.9 Å². The molecule has 3 unspecified atom stereocenters. The minimum atomic E-state index is -4.69. The molecular weight excluding hydrogens is 594 g/mol. The van der Waals surface area contributed by atoms with Crippen LogP contribution in [0.5, 0.6) is 0 Å². The molecule has 0 aliphatic carbocycles. The van der Waals surface area contributed by atoms with Gasteiger partial charge in [0.15, 0.2) is 18.2 Å². The number of fused-ring (bicyclic) bond motifs is 7. The van der Waals surface area contributed by atoms with Gasteiger partial charge in [-0.2, -0.15) is 13.2 Å². The van der Waals surface area contributed by atoms with Crippen molar-refractivity contribution in [1.29, 1.82) is 0 Å². The zero-order chi connectivity index (χ0) is 31.2. The number of benzene rings is 1. The summed E-state index contributed by atoms with van der Waals surface area (Å²) < 4.78 is 57.2. The van der Waals surface area contributed by atoms with Gasteiger partial charge in [0.25, 0.3) is 0 Å². The predicted molar refractivity (Wildman–Crippen MR) is 161 cm³/mol. The molecular formula is C29H31BF3N7O3S. The number of hydrogen-bond acceptors (Lipinski definition) is 8. The number of carboxylic acid groups (broad SMARTS) is 1. The SMILES string of the molecule is Cc1c(C(CC(=O)O)c2ccc3c(c2)CN2CCB3CN(C)CCNc3ncccc3[S+]2[O-])ccn2c(C(F)(F)F)nnc12. The summed E-state index contributed by atoms with van der Waals surface area (Å²) in [6.07, 6.45) is -0.475. The van der Waals surface area contributed by atoms with E-state index in [1.165, 1.54) is 12.3 Å². The fourth-order valence-electron chi connectivity index (χ4n) is 6.32. The van der Waals surface area contributed by atoms with Crippen molar-refractivity contribution < 1.29 is 27.6 Å². The van der Waals surface area contributed by atoms with Crippen LogP contribution >= 0.6 is 0 Å². The lowest BCUT2D eigenvalue weighted by molar-refractivity contribution is -0.145. The number of pyridine rings is 2. The maximum Gasteiger partial charge on any atom is 0.452 e. The van der Waals surface area contributed by atoms with Crippen molar-refractivity contribution in [3.63, 3.8) is 0 Å². The number of carboxylic acids is 1. The molecule has 6 rings (SSSR count). The molecule has 0 saturated heterocycles. The number of likely N-dealkylation sites (N-methyl/N-ethyl adjacent to an activating group) is 1. The highest BCUT2D eigenvalue weighted by Gasteiger charge is 2.38. The fourth-order valence-corrected chi connectivity index (χ4v) is 7.61. The monoisotopic (exact) mass is 625 g/mol. The van der Waals surface area contributed by atoms with Crippen LogP contribution in [0.4, 0.5) is 19.0 Å². The molecule has 15 heteroatoms. The summed E-state index contributed by atoms with van der Waals surface area (Å²) in [6.45, 7) is 4.17. The summed E-state index contributed by atoms with van der Waals surface area (Å²) in [4.78, 5) is 19.4. The van der Waals surface area contributed by atoms with Gasteiger partial charge in [-0.3, -0.25) is 9.20 Å². The minimum Gasteiger partial charge on any atom is -0.593 e. The van der Waals surface area contributed by atoms with E-state index in [1.54, 1.807) is 19.2 Å². The first-order chi connectivity index (χ1) is 21.0. The molecule has 3 aromatic heterocycles. The van der Waals surface area contributed by atoms with E-state index in [0.29, 0.717) is 47.0 Å². The van der Waals surface area contributed by atoms with Crippen molar-refractivity contribution in [2.24, 2.45) is 0 Å². The molecule has 230 valence electrons. The number of rotatable bonds is 4. The summed E-state index contributed by atoms with van der Waals surface area (Å²) in [5.41, 5.74) is 3.78. The van der Waals surface area contributed by atoms with Crippen molar-refractivity contribution in [3.05, 3.63) is 76.9 Å². The normalized spacial score (nSPS) is 20.2. The molecule has 10 nitrogen and oxygen atoms in total. The van der Waals surface area contributed by atoms with Gasteiger partial charge >= 0.3 is 12.1 Å². The Balaban J connectivity index is 1.44. The van der Waals surface area contributed by atoms with E-state index in [4.69, 9.17) is 0 Å². The van der Waals surface area contributed by atoms with Crippen LogP contribution in [0, 0.1) is 6.92 Å². The zero-order valence-corrected chi connectivity index (χ0v) is 25.0. The number of hydrogen-bond donors (Lipinski definition) is 2. The van der Waals surface area contributed by atoms with Crippen LogP contribution in [0.3, 0.4) is 0 Å². The third-order valence-electron chi connectivity index (χ3n) is 8.47. The molecule has 0 amide bonds. The molecule has 2 bridgehead atoms. The standard InChI is InChI=1S/C29H31BF3N7O3S/c1-18-21(7-11-40-27(18)36-37-28(40)29(31,32)33)22(15-25(41)42)19-5-6-23-20(14-19)16-39-12-8-30(23)17-38(2)13-10-35-26-24(44(39)43)4-3-9-34-26/h3-7,9,11,14,22H,8,10,12-13,15-17H2,1-2H3,(H,34,35)(H,41,42). The van der Waals surface area contributed by atoms with Crippen LogP contribution in [0.15, 0.2) is 53.7 Å². The lowest BCUT2D eigenvalue weighted by atomic mass is 9.42. The summed E-state index contributed by atoms with van der Waals surface area (Å²) >= 11 is -1.50. The van der Waals surface area contributed by atoms with Crippen LogP contribution in [0.2, 0.25) is 6.32 Å². The molecule has 2 N–H and O–H groups in total. The third kappa shape index (κ3) is 5.88. The van der Waals surface area contributed by atoms with Crippen LogP contribution in [0.25, 0.3) is 5.65 Å².